The number of hydrogen-bond donors (Lipinski definition) is 2. The van der Waals surface area contributed by atoms with Crippen molar-refractivity contribution >= 4 is 5.91 Å². The van der Waals surface area contributed by atoms with Crippen molar-refractivity contribution in [1.82, 2.24) is 5.32 Å². The molecule has 1 aromatic rings. The average Bonchev–Trinajstić information content (AvgIpc) is 2.50. The molecular formula is C14H17F4NO2. The van der Waals surface area contributed by atoms with Crippen LogP contribution in [-0.2, 0) is 0 Å². The first kappa shape index (κ1) is 17.4. The fourth-order valence-corrected chi connectivity index (χ4v) is 1.88. The lowest BCUT2D eigenvalue weighted by Gasteiger charge is -2.29. The van der Waals surface area contributed by atoms with Gasteiger partial charge in [0, 0.05) is 12.0 Å². The predicted molar refractivity (Wildman–Crippen MR) is 68.7 cm³/mol. The Labute approximate surface area is 120 Å². The maximum absolute atomic E-state index is 13.5. The molecule has 0 unspecified atom stereocenters. The highest BCUT2D eigenvalue weighted by Crippen LogP contribution is 2.25. The number of rotatable bonds is 6. The molecule has 0 spiro atoms. The van der Waals surface area contributed by atoms with Crippen LogP contribution in [0.1, 0.15) is 37.0 Å². The molecule has 118 valence electrons. The number of hydrogen-bond acceptors (Lipinski definition) is 2. The first-order valence-corrected chi connectivity index (χ1v) is 6.54. The molecule has 0 aliphatic rings. The van der Waals surface area contributed by atoms with Crippen molar-refractivity contribution < 1.29 is 27.5 Å². The molecule has 2 N–H and O–H groups in total. The minimum Gasteiger partial charge on any atom is -0.396 e. The normalized spacial score (nSPS) is 11.6. The molecule has 0 saturated heterocycles. The van der Waals surface area contributed by atoms with E-state index in [-0.39, 0.29) is 13.2 Å². The Balaban J connectivity index is 2.96. The zero-order valence-corrected chi connectivity index (χ0v) is 11.8. The molecule has 0 bridgehead atoms. The third kappa shape index (κ3) is 3.53. The Kier molecular flexibility index (Phi) is 5.71. The van der Waals surface area contributed by atoms with E-state index in [1.807, 2.05) is 13.8 Å². The van der Waals surface area contributed by atoms with Gasteiger partial charge in [0.05, 0.1) is 12.2 Å². The predicted octanol–water partition coefficient (Wildman–Crippen LogP) is 2.77. The fraction of sp³-hybridized carbons (Fsp3) is 0.500. The van der Waals surface area contributed by atoms with E-state index >= 15 is 0 Å². The molecule has 0 radical (unpaired) electrons. The number of aliphatic hydroxyl groups excluding tert-OH is 1. The second kappa shape index (κ2) is 6.89. The standard InChI is InChI=1S/C14H17F4NO2/c1-3-14(4-2,7-20)6-19-13(21)8-5-9(15)11(17)12(18)10(8)16/h5,20H,3-4,6-7H2,1-2H3,(H,19,21). The summed E-state index contributed by atoms with van der Waals surface area (Å²) >= 11 is 0. The summed E-state index contributed by atoms with van der Waals surface area (Å²) in [5, 5.41) is 11.7. The van der Waals surface area contributed by atoms with E-state index in [1.54, 1.807) is 0 Å². The average molecular weight is 307 g/mol. The zero-order valence-electron chi connectivity index (χ0n) is 11.8. The van der Waals surface area contributed by atoms with Crippen LogP contribution in [0.3, 0.4) is 0 Å². The Bertz CT molecular complexity index is 522. The molecule has 0 aliphatic carbocycles. The Morgan fingerprint density at radius 3 is 2.19 bits per heavy atom. The molecule has 0 fully saturated rings. The molecule has 21 heavy (non-hydrogen) atoms. The van der Waals surface area contributed by atoms with E-state index in [0.717, 1.165) is 0 Å². The van der Waals surface area contributed by atoms with Gasteiger partial charge in [0.15, 0.2) is 23.3 Å². The molecule has 0 aromatic heterocycles. The summed E-state index contributed by atoms with van der Waals surface area (Å²) in [6.45, 7) is 3.43. The van der Waals surface area contributed by atoms with Gasteiger partial charge in [-0.25, -0.2) is 17.6 Å². The number of nitrogens with one attached hydrogen (secondary N) is 1. The number of halogens is 4. The molecule has 1 aromatic carbocycles. The summed E-state index contributed by atoms with van der Waals surface area (Å²) in [6.07, 6.45) is 1.10. The number of aliphatic hydroxyl groups is 1. The molecule has 1 amide bonds. The minimum atomic E-state index is -2.03. The van der Waals surface area contributed by atoms with Crippen molar-refractivity contribution in [2.24, 2.45) is 5.41 Å². The van der Waals surface area contributed by atoms with Crippen molar-refractivity contribution in [3.05, 3.63) is 34.9 Å². The van der Waals surface area contributed by atoms with Gasteiger partial charge >= 0.3 is 0 Å². The van der Waals surface area contributed by atoms with Crippen LogP contribution in [0.15, 0.2) is 6.07 Å². The fourth-order valence-electron chi connectivity index (χ4n) is 1.88. The second-order valence-electron chi connectivity index (χ2n) is 4.90. The maximum atomic E-state index is 13.5. The van der Waals surface area contributed by atoms with Crippen molar-refractivity contribution in [3.63, 3.8) is 0 Å². The summed E-state index contributed by atoms with van der Waals surface area (Å²) in [6, 6.07) is 0.307. The van der Waals surface area contributed by atoms with E-state index in [4.69, 9.17) is 0 Å². The van der Waals surface area contributed by atoms with Gasteiger partial charge in [-0.2, -0.15) is 0 Å². The van der Waals surface area contributed by atoms with Crippen LogP contribution in [0.2, 0.25) is 0 Å². The van der Waals surface area contributed by atoms with E-state index in [1.165, 1.54) is 0 Å². The van der Waals surface area contributed by atoms with Crippen molar-refractivity contribution in [3.8, 4) is 0 Å². The molecule has 0 atom stereocenters. The second-order valence-corrected chi connectivity index (χ2v) is 4.90. The van der Waals surface area contributed by atoms with Gasteiger partial charge in [-0.15, -0.1) is 0 Å². The molecule has 0 heterocycles. The van der Waals surface area contributed by atoms with E-state index < -0.39 is 40.2 Å². The molecule has 3 nitrogen and oxygen atoms in total. The van der Waals surface area contributed by atoms with Gasteiger partial charge in [0.1, 0.15) is 0 Å². The number of benzene rings is 1. The first-order valence-electron chi connectivity index (χ1n) is 6.54. The van der Waals surface area contributed by atoms with Crippen LogP contribution in [0.4, 0.5) is 17.6 Å². The van der Waals surface area contributed by atoms with Gasteiger partial charge < -0.3 is 10.4 Å². The van der Waals surface area contributed by atoms with Crippen LogP contribution in [0.25, 0.3) is 0 Å². The topological polar surface area (TPSA) is 49.3 Å². The number of amides is 1. The van der Waals surface area contributed by atoms with Crippen LogP contribution in [0, 0.1) is 28.7 Å². The highest BCUT2D eigenvalue weighted by atomic mass is 19.2. The maximum Gasteiger partial charge on any atom is 0.254 e. The first-order chi connectivity index (χ1) is 9.81. The highest BCUT2D eigenvalue weighted by Gasteiger charge is 2.28. The van der Waals surface area contributed by atoms with Crippen molar-refractivity contribution in [1.29, 1.82) is 0 Å². The van der Waals surface area contributed by atoms with Gasteiger partial charge in [-0.3, -0.25) is 4.79 Å². The molecule has 0 saturated carbocycles. The van der Waals surface area contributed by atoms with Gasteiger partial charge in [-0.1, -0.05) is 13.8 Å². The minimum absolute atomic E-state index is 0.00931. The summed E-state index contributed by atoms with van der Waals surface area (Å²) < 4.78 is 52.4. The largest absolute Gasteiger partial charge is 0.396 e. The lowest BCUT2D eigenvalue weighted by atomic mass is 9.83. The van der Waals surface area contributed by atoms with E-state index in [9.17, 15) is 27.5 Å². The van der Waals surface area contributed by atoms with E-state index in [2.05, 4.69) is 5.32 Å². The van der Waals surface area contributed by atoms with Crippen LogP contribution in [-0.4, -0.2) is 24.2 Å². The molecule has 1 rings (SSSR count). The van der Waals surface area contributed by atoms with Crippen LogP contribution >= 0.6 is 0 Å². The van der Waals surface area contributed by atoms with Crippen LogP contribution in [0.5, 0.6) is 0 Å². The Hall–Kier alpha value is -1.63. The van der Waals surface area contributed by atoms with Gasteiger partial charge in [-0.05, 0) is 18.9 Å². The lowest BCUT2D eigenvalue weighted by Crippen LogP contribution is -2.39. The summed E-state index contributed by atoms with van der Waals surface area (Å²) in [4.78, 5) is 11.8. The van der Waals surface area contributed by atoms with Gasteiger partial charge in [0.2, 0.25) is 0 Å². The molecule has 0 aliphatic heterocycles. The molecule has 7 heteroatoms. The Morgan fingerprint density at radius 1 is 1.14 bits per heavy atom. The van der Waals surface area contributed by atoms with Crippen molar-refractivity contribution in [2.75, 3.05) is 13.2 Å². The third-order valence-electron chi connectivity index (χ3n) is 3.81. The SMILES string of the molecule is CCC(CC)(CO)CNC(=O)c1cc(F)c(F)c(F)c1F. The highest BCUT2D eigenvalue weighted by molar-refractivity contribution is 5.94. The summed E-state index contributed by atoms with van der Waals surface area (Å²) in [7, 11) is 0. The third-order valence-corrected chi connectivity index (χ3v) is 3.81. The van der Waals surface area contributed by atoms with E-state index in [0.29, 0.717) is 18.9 Å². The molecular weight excluding hydrogens is 290 g/mol. The van der Waals surface area contributed by atoms with Gasteiger partial charge in [0.25, 0.3) is 5.91 Å². The lowest BCUT2D eigenvalue weighted by molar-refractivity contribution is 0.0846. The monoisotopic (exact) mass is 307 g/mol. The zero-order chi connectivity index (χ0) is 16.2. The smallest absolute Gasteiger partial charge is 0.254 e. The van der Waals surface area contributed by atoms with Crippen LogP contribution < -0.4 is 5.32 Å². The number of carbonyl (C=O) groups is 1. The number of carbonyl (C=O) groups excluding carboxylic acids is 1. The quantitative estimate of drug-likeness (QED) is 0.482. The van der Waals surface area contributed by atoms with Crippen molar-refractivity contribution in [2.45, 2.75) is 26.7 Å². The Morgan fingerprint density at radius 2 is 1.71 bits per heavy atom. The summed E-state index contributed by atoms with van der Waals surface area (Å²) in [5.74, 6) is -8.44. The summed E-state index contributed by atoms with van der Waals surface area (Å²) in [5.41, 5.74) is -1.51.